The van der Waals surface area contributed by atoms with Gasteiger partial charge in [-0.2, -0.15) is 0 Å². The zero-order chi connectivity index (χ0) is 15.1. The molecule has 1 unspecified atom stereocenters. The van der Waals surface area contributed by atoms with Gasteiger partial charge in [0.15, 0.2) is 0 Å². The number of hydrogen-bond donors (Lipinski definition) is 1. The van der Waals surface area contributed by atoms with E-state index in [1.54, 1.807) is 7.11 Å². The van der Waals surface area contributed by atoms with E-state index in [2.05, 4.69) is 36.5 Å². The Balaban J connectivity index is 2.00. The van der Waals surface area contributed by atoms with Gasteiger partial charge in [0.1, 0.15) is 5.75 Å². The van der Waals surface area contributed by atoms with Crippen molar-refractivity contribution in [2.75, 3.05) is 7.11 Å². The number of nitrogens with one attached hydrogen (secondary N) is 1. The molecule has 0 aliphatic carbocycles. The van der Waals surface area contributed by atoms with E-state index in [1.807, 2.05) is 24.3 Å². The quantitative estimate of drug-likeness (QED) is 0.779. The van der Waals surface area contributed by atoms with Crippen molar-refractivity contribution in [1.82, 2.24) is 5.32 Å². The first kappa shape index (κ1) is 15.9. The van der Waals surface area contributed by atoms with E-state index >= 15 is 0 Å². The van der Waals surface area contributed by atoms with Crippen molar-refractivity contribution < 1.29 is 4.74 Å². The van der Waals surface area contributed by atoms with Gasteiger partial charge in [0, 0.05) is 17.6 Å². The summed E-state index contributed by atoms with van der Waals surface area (Å²) in [5.74, 6) is 0.890. The van der Waals surface area contributed by atoms with E-state index in [-0.39, 0.29) is 0 Å². The molecule has 21 heavy (non-hydrogen) atoms. The average Bonchev–Trinajstić information content (AvgIpc) is 2.53. The number of halogens is 1. The van der Waals surface area contributed by atoms with Gasteiger partial charge in [0.25, 0.3) is 0 Å². The Hall–Kier alpha value is -1.51. The van der Waals surface area contributed by atoms with Gasteiger partial charge < -0.3 is 10.1 Å². The van der Waals surface area contributed by atoms with Crippen molar-refractivity contribution >= 4 is 11.6 Å². The number of benzene rings is 2. The van der Waals surface area contributed by atoms with Crippen molar-refractivity contribution in [3.8, 4) is 5.75 Å². The van der Waals surface area contributed by atoms with Crippen LogP contribution in [0, 0.1) is 0 Å². The fourth-order valence-electron chi connectivity index (χ4n) is 2.35. The first-order chi connectivity index (χ1) is 10.2. The zero-order valence-corrected chi connectivity index (χ0v) is 13.4. The number of hydrogen-bond acceptors (Lipinski definition) is 2. The highest BCUT2D eigenvalue weighted by molar-refractivity contribution is 6.30. The molecule has 112 valence electrons. The normalized spacial score (nSPS) is 12.1. The maximum atomic E-state index is 5.96. The SMILES string of the molecule is CCCC(NCc1ccc(OC)cc1)c1ccc(Cl)cc1. The van der Waals surface area contributed by atoms with Crippen LogP contribution in [0.25, 0.3) is 0 Å². The lowest BCUT2D eigenvalue weighted by Crippen LogP contribution is -2.20. The molecule has 0 aromatic heterocycles. The van der Waals surface area contributed by atoms with Gasteiger partial charge >= 0.3 is 0 Å². The maximum absolute atomic E-state index is 5.96. The first-order valence-corrected chi connectivity index (χ1v) is 7.72. The standard InChI is InChI=1S/C18H22ClNO/c1-3-4-18(15-7-9-16(19)10-8-15)20-13-14-5-11-17(21-2)12-6-14/h5-12,18,20H,3-4,13H2,1-2H3. The van der Waals surface area contributed by atoms with Gasteiger partial charge in [-0.1, -0.05) is 49.2 Å². The third-order valence-corrected chi connectivity index (χ3v) is 3.81. The molecule has 0 saturated heterocycles. The minimum atomic E-state index is 0.356. The van der Waals surface area contributed by atoms with Crippen LogP contribution >= 0.6 is 11.6 Å². The van der Waals surface area contributed by atoms with Crippen LogP contribution in [0.3, 0.4) is 0 Å². The van der Waals surface area contributed by atoms with E-state index in [9.17, 15) is 0 Å². The Morgan fingerprint density at radius 2 is 1.71 bits per heavy atom. The molecule has 2 nitrogen and oxygen atoms in total. The Morgan fingerprint density at radius 3 is 2.29 bits per heavy atom. The van der Waals surface area contributed by atoms with E-state index in [4.69, 9.17) is 16.3 Å². The first-order valence-electron chi connectivity index (χ1n) is 7.34. The molecule has 0 fully saturated rings. The fraction of sp³-hybridized carbons (Fsp3) is 0.333. The molecule has 1 atom stereocenters. The Bertz CT molecular complexity index is 536. The largest absolute Gasteiger partial charge is 0.497 e. The van der Waals surface area contributed by atoms with Crippen molar-refractivity contribution in [3.05, 3.63) is 64.7 Å². The van der Waals surface area contributed by atoms with Gasteiger partial charge in [-0.3, -0.25) is 0 Å². The lowest BCUT2D eigenvalue weighted by Gasteiger charge is -2.19. The van der Waals surface area contributed by atoms with E-state index in [0.717, 1.165) is 30.2 Å². The number of ether oxygens (including phenoxy) is 1. The van der Waals surface area contributed by atoms with Crippen LogP contribution in [-0.4, -0.2) is 7.11 Å². The molecule has 1 N–H and O–H groups in total. The average molecular weight is 304 g/mol. The molecule has 0 aliphatic rings. The molecule has 0 aliphatic heterocycles. The molecule has 0 spiro atoms. The minimum Gasteiger partial charge on any atom is -0.497 e. The zero-order valence-electron chi connectivity index (χ0n) is 12.6. The van der Waals surface area contributed by atoms with Gasteiger partial charge in [0.05, 0.1) is 7.11 Å². The predicted octanol–water partition coefficient (Wildman–Crippen LogP) is 4.98. The molecular formula is C18H22ClNO. The molecule has 0 bridgehead atoms. The van der Waals surface area contributed by atoms with Crippen molar-refractivity contribution in [1.29, 1.82) is 0 Å². The molecule has 3 heteroatoms. The van der Waals surface area contributed by atoms with Crippen LogP contribution in [0.5, 0.6) is 5.75 Å². The van der Waals surface area contributed by atoms with Gasteiger partial charge in [-0.25, -0.2) is 0 Å². The van der Waals surface area contributed by atoms with E-state index < -0.39 is 0 Å². The summed E-state index contributed by atoms with van der Waals surface area (Å²) in [4.78, 5) is 0. The summed E-state index contributed by atoms with van der Waals surface area (Å²) in [6.07, 6.45) is 2.25. The topological polar surface area (TPSA) is 21.3 Å². The van der Waals surface area contributed by atoms with Crippen LogP contribution in [0.1, 0.15) is 36.9 Å². The summed E-state index contributed by atoms with van der Waals surface area (Å²) in [6.45, 7) is 3.05. The van der Waals surface area contributed by atoms with E-state index in [0.29, 0.717) is 6.04 Å². The van der Waals surface area contributed by atoms with Gasteiger partial charge in [-0.05, 0) is 41.8 Å². The highest BCUT2D eigenvalue weighted by Gasteiger charge is 2.10. The van der Waals surface area contributed by atoms with Crippen molar-refractivity contribution in [2.24, 2.45) is 0 Å². The summed E-state index contributed by atoms with van der Waals surface area (Å²) in [6, 6.07) is 16.6. The second-order valence-electron chi connectivity index (χ2n) is 5.12. The summed E-state index contributed by atoms with van der Waals surface area (Å²) in [7, 11) is 1.69. The molecule has 0 radical (unpaired) electrons. The lowest BCUT2D eigenvalue weighted by molar-refractivity contribution is 0.414. The molecule has 0 amide bonds. The van der Waals surface area contributed by atoms with Crippen molar-refractivity contribution in [2.45, 2.75) is 32.4 Å². The summed E-state index contributed by atoms with van der Waals surface area (Å²) >= 11 is 5.96. The highest BCUT2D eigenvalue weighted by Crippen LogP contribution is 2.21. The monoisotopic (exact) mass is 303 g/mol. The summed E-state index contributed by atoms with van der Waals surface area (Å²) < 4.78 is 5.18. The summed E-state index contributed by atoms with van der Waals surface area (Å²) in [5, 5.41) is 4.41. The second-order valence-corrected chi connectivity index (χ2v) is 5.56. The number of methoxy groups -OCH3 is 1. The Labute approximate surface area is 132 Å². The van der Waals surface area contributed by atoms with Gasteiger partial charge in [-0.15, -0.1) is 0 Å². The van der Waals surface area contributed by atoms with Crippen LogP contribution in [0.4, 0.5) is 0 Å². The fourth-order valence-corrected chi connectivity index (χ4v) is 2.48. The molecule has 2 aromatic rings. The second kappa shape index (κ2) is 8.06. The predicted molar refractivity (Wildman–Crippen MR) is 88.9 cm³/mol. The number of rotatable bonds is 7. The molecule has 2 rings (SSSR count). The van der Waals surface area contributed by atoms with Gasteiger partial charge in [0.2, 0.25) is 0 Å². The maximum Gasteiger partial charge on any atom is 0.118 e. The third-order valence-electron chi connectivity index (χ3n) is 3.56. The molecule has 0 saturated carbocycles. The lowest BCUT2D eigenvalue weighted by atomic mass is 10.0. The Kier molecular flexibility index (Phi) is 6.09. The Morgan fingerprint density at radius 1 is 1.05 bits per heavy atom. The van der Waals surface area contributed by atoms with Crippen molar-refractivity contribution in [3.63, 3.8) is 0 Å². The van der Waals surface area contributed by atoms with Crippen LogP contribution in [0.15, 0.2) is 48.5 Å². The summed E-state index contributed by atoms with van der Waals surface area (Å²) in [5.41, 5.74) is 2.54. The molecule has 2 aromatic carbocycles. The third kappa shape index (κ3) is 4.76. The van der Waals surface area contributed by atoms with Crippen LogP contribution in [-0.2, 0) is 6.54 Å². The smallest absolute Gasteiger partial charge is 0.118 e. The van der Waals surface area contributed by atoms with E-state index in [1.165, 1.54) is 11.1 Å². The molecular weight excluding hydrogens is 282 g/mol. The highest BCUT2D eigenvalue weighted by atomic mass is 35.5. The minimum absolute atomic E-state index is 0.356. The molecule has 0 heterocycles. The van der Waals surface area contributed by atoms with Crippen LogP contribution in [0.2, 0.25) is 5.02 Å². The van der Waals surface area contributed by atoms with Crippen LogP contribution < -0.4 is 10.1 Å².